The van der Waals surface area contributed by atoms with Crippen molar-refractivity contribution in [2.45, 2.75) is 52.0 Å². The summed E-state index contributed by atoms with van der Waals surface area (Å²) < 4.78 is 5.56. The Hall–Kier alpha value is -0.770. The van der Waals surface area contributed by atoms with E-state index in [1.54, 1.807) is 0 Å². The van der Waals surface area contributed by atoms with Gasteiger partial charge in [-0.3, -0.25) is 4.99 Å². The van der Waals surface area contributed by atoms with Gasteiger partial charge >= 0.3 is 0 Å². The Bertz CT molecular complexity index is 235. The molecule has 2 N–H and O–H groups in total. The molecule has 0 bridgehead atoms. The van der Waals surface area contributed by atoms with Crippen LogP contribution in [0.3, 0.4) is 0 Å². The van der Waals surface area contributed by atoms with Gasteiger partial charge in [-0.25, -0.2) is 0 Å². The van der Waals surface area contributed by atoms with Crippen molar-refractivity contribution in [2.24, 2.45) is 10.9 Å². The van der Waals surface area contributed by atoms with Crippen LogP contribution in [0, 0.1) is 5.92 Å². The molecular weight excluding hydrogens is 226 g/mol. The van der Waals surface area contributed by atoms with E-state index < -0.39 is 0 Å². The molecule has 0 saturated heterocycles. The molecule has 4 nitrogen and oxygen atoms in total. The molecule has 106 valence electrons. The van der Waals surface area contributed by atoms with Gasteiger partial charge in [0, 0.05) is 26.2 Å². The Morgan fingerprint density at radius 2 is 2.00 bits per heavy atom. The molecule has 0 spiro atoms. The van der Waals surface area contributed by atoms with Crippen LogP contribution in [0.15, 0.2) is 4.99 Å². The van der Waals surface area contributed by atoms with Gasteiger partial charge in [0.15, 0.2) is 5.96 Å². The molecule has 1 rings (SSSR count). The van der Waals surface area contributed by atoms with E-state index in [2.05, 4.69) is 29.5 Å². The predicted octanol–water partition coefficient (Wildman–Crippen LogP) is 2.16. The van der Waals surface area contributed by atoms with Crippen LogP contribution in [0.4, 0.5) is 0 Å². The summed E-state index contributed by atoms with van der Waals surface area (Å²) in [5.41, 5.74) is 0. The van der Waals surface area contributed by atoms with Gasteiger partial charge in [0.2, 0.25) is 0 Å². The molecule has 0 atom stereocenters. The van der Waals surface area contributed by atoms with Crippen LogP contribution >= 0.6 is 0 Å². The number of nitrogens with one attached hydrogen (secondary N) is 2. The number of hydrogen-bond acceptors (Lipinski definition) is 2. The zero-order chi connectivity index (χ0) is 13.2. The van der Waals surface area contributed by atoms with Gasteiger partial charge in [-0.15, -0.1) is 0 Å². The van der Waals surface area contributed by atoms with E-state index in [0.717, 1.165) is 38.1 Å². The Morgan fingerprint density at radius 3 is 2.61 bits per heavy atom. The van der Waals surface area contributed by atoms with Gasteiger partial charge in [0.05, 0.1) is 6.61 Å². The molecule has 0 heterocycles. The molecule has 0 amide bonds. The summed E-state index contributed by atoms with van der Waals surface area (Å²) in [5, 5.41) is 6.76. The van der Waals surface area contributed by atoms with Crippen molar-refractivity contribution in [3.63, 3.8) is 0 Å². The standard InChI is InChI=1S/C14H29N3O/c1-12(2)8-10-18-11-9-16-14(15-3)17-13-6-4-5-7-13/h12-13H,4-11H2,1-3H3,(H2,15,16,17). The lowest BCUT2D eigenvalue weighted by atomic mass is 10.1. The summed E-state index contributed by atoms with van der Waals surface area (Å²) in [5.74, 6) is 1.63. The van der Waals surface area contributed by atoms with Crippen molar-refractivity contribution in [3.05, 3.63) is 0 Å². The molecule has 0 aromatic rings. The average Bonchev–Trinajstić information content (AvgIpc) is 2.84. The summed E-state index contributed by atoms with van der Waals surface area (Å²) in [7, 11) is 1.82. The molecule has 0 aromatic heterocycles. The second-order valence-corrected chi connectivity index (χ2v) is 5.42. The van der Waals surface area contributed by atoms with E-state index in [1.165, 1.54) is 25.7 Å². The first-order valence-electron chi connectivity index (χ1n) is 7.27. The molecule has 4 heteroatoms. The molecule has 18 heavy (non-hydrogen) atoms. The second kappa shape index (κ2) is 9.20. The largest absolute Gasteiger partial charge is 0.380 e. The van der Waals surface area contributed by atoms with Crippen LogP contribution in [0.2, 0.25) is 0 Å². The van der Waals surface area contributed by atoms with Gasteiger partial charge in [0.1, 0.15) is 0 Å². The van der Waals surface area contributed by atoms with Crippen molar-refractivity contribution >= 4 is 5.96 Å². The number of nitrogens with zero attached hydrogens (tertiary/aromatic N) is 1. The lowest BCUT2D eigenvalue weighted by molar-refractivity contribution is 0.128. The molecule has 0 aliphatic heterocycles. The zero-order valence-corrected chi connectivity index (χ0v) is 12.2. The van der Waals surface area contributed by atoms with Gasteiger partial charge in [-0.05, 0) is 25.2 Å². The Kier molecular flexibility index (Phi) is 7.81. The van der Waals surface area contributed by atoms with Crippen molar-refractivity contribution in [1.82, 2.24) is 10.6 Å². The van der Waals surface area contributed by atoms with Gasteiger partial charge in [-0.1, -0.05) is 26.7 Å². The molecule has 1 aliphatic rings. The van der Waals surface area contributed by atoms with E-state index in [1.807, 2.05) is 7.05 Å². The highest BCUT2D eigenvalue weighted by Crippen LogP contribution is 2.17. The lowest BCUT2D eigenvalue weighted by Gasteiger charge is -2.16. The summed E-state index contributed by atoms with van der Waals surface area (Å²) in [6.45, 7) is 6.86. The van der Waals surface area contributed by atoms with Crippen LogP contribution < -0.4 is 10.6 Å². The number of hydrogen-bond donors (Lipinski definition) is 2. The molecule has 1 aliphatic carbocycles. The van der Waals surface area contributed by atoms with E-state index >= 15 is 0 Å². The first-order valence-corrected chi connectivity index (χ1v) is 7.27. The topological polar surface area (TPSA) is 45.7 Å². The minimum Gasteiger partial charge on any atom is -0.380 e. The number of aliphatic imine (C=N–C) groups is 1. The summed E-state index contributed by atoms with van der Waals surface area (Å²) in [4.78, 5) is 4.24. The number of rotatable bonds is 7. The van der Waals surface area contributed by atoms with E-state index in [4.69, 9.17) is 4.74 Å². The molecule has 0 radical (unpaired) electrons. The third kappa shape index (κ3) is 6.84. The highest BCUT2D eigenvalue weighted by atomic mass is 16.5. The fourth-order valence-corrected chi connectivity index (χ4v) is 2.12. The maximum atomic E-state index is 5.56. The minimum absolute atomic E-state index is 0.609. The van der Waals surface area contributed by atoms with Crippen LogP contribution in [0.5, 0.6) is 0 Å². The fraction of sp³-hybridized carbons (Fsp3) is 0.929. The third-order valence-electron chi connectivity index (χ3n) is 3.30. The first-order chi connectivity index (χ1) is 8.72. The van der Waals surface area contributed by atoms with Crippen molar-refractivity contribution in [1.29, 1.82) is 0 Å². The van der Waals surface area contributed by atoms with Crippen LogP contribution in [-0.2, 0) is 4.74 Å². The molecule has 1 fully saturated rings. The average molecular weight is 255 g/mol. The van der Waals surface area contributed by atoms with Crippen LogP contribution in [0.25, 0.3) is 0 Å². The SMILES string of the molecule is CN=C(NCCOCCC(C)C)NC1CCCC1. The zero-order valence-electron chi connectivity index (χ0n) is 12.2. The van der Waals surface area contributed by atoms with E-state index in [9.17, 15) is 0 Å². The Balaban J connectivity index is 2.01. The summed E-state index contributed by atoms with van der Waals surface area (Å²) in [6.07, 6.45) is 6.35. The maximum absolute atomic E-state index is 5.56. The van der Waals surface area contributed by atoms with E-state index in [0.29, 0.717) is 6.04 Å². The van der Waals surface area contributed by atoms with Gasteiger partial charge in [0.25, 0.3) is 0 Å². The van der Waals surface area contributed by atoms with E-state index in [-0.39, 0.29) is 0 Å². The number of ether oxygens (including phenoxy) is 1. The van der Waals surface area contributed by atoms with Gasteiger partial charge < -0.3 is 15.4 Å². The summed E-state index contributed by atoms with van der Waals surface area (Å²) in [6, 6.07) is 0.609. The fourth-order valence-electron chi connectivity index (χ4n) is 2.12. The smallest absolute Gasteiger partial charge is 0.191 e. The predicted molar refractivity (Wildman–Crippen MR) is 77.0 cm³/mol. The normalized spacial score (nSPS) is 17.4. The Morgan fingerprint density at radius 1 is 1.28 bits per heavy atom. The second-order valence-electron chi connectivity index (χ2n) is 5.42. The van der Waals surface area contributed by atoms with Crippen molar-refractivity contribution in [2.75, 3.05) is 26.8 Å². The van der Waals surface area contributed by atoms with Crippen LogP contribution in [-0.4, -0.2) is 38.8 Å². The number of guanidine groups is 1. The summed E-state index contributed by atoms with van der Waals surface area (Å²) >= 11 is 0. The molecule has 0 aromatic carbocycles. The Labute approximate surface area is 112 Å². The minimum atomic E-state index is 0.609. The lowest BCUT2D eigenvalue weighted by Crippen LogP contribution is -2.43. The van der Waals surface area contributed by atoms with Gasteiger partial charge in [-0.2, -0.15) is 0 Å². The maximum Gasteiger partial charge on any atom is 0.191 e. The van der Waals surface area contributed by atoms with Crippen LogP contribution in [0.1, 0.15) is 46.0 Å². The highest BCUT2D eigenvalue weighted by molar-refractivity contribution is 5.79. The van der Waals surface area contributed by atoms with Crippen molar-refractivity contribution < 1.29 is 4.74 Å². The molecular formula is C14H29N3O. The molecule has 0 unspecified atom stereocenters. The van der Waals surface area contributed by atoms with Crippen molar-refractivity contribution in [3.8, 4) is 0 Å². The molecule has 1 saturated carbocycles. The highest BCUT2D eigenvalue weighted by Gasteiger charge is 2.15. The quantitative estimate of drug-likeness (QED) is 0.416. The third-order valence-corrected chi connectivity index (χ3v) is 3.30. The monoisotopic (exact) mass is 255 g/mol. The first kappa shape index (κ1) is 15.3.